The first-order valence-corrected chi connectivity index (χ1v) is 7.28. The topological polar surface area (TPSA) is 102 Å². The minimum Gasteiger partial charge on any atom is -0.363 e. The van der Waals surface area contributed by atoms with Crippen LogP contribution in [0.15, 0.2) is 24.5 Å². The summed E-state index contributed by atoms with van der Waals surface area (Å²) in [5.74, 6) is -0.299. The van der Waals surface area contributed by atoms with Crippen LogP contribution in [-0.2, 0) is 7.05 Å². The quantitative estimate of drug-likeness (QED) is 0.469. The molecule has 1 aromatic carbocycles. The fourth-order valence-electron chi connectivity index (χ4n) is 1.85. The second-order valence-electron chi connectivity index (χ2n) is 4.60. The lowest BCUT2D eigenvalue weighted by atomic mass is 10.2. The van der Waals surface area contributed by atoms with Gasteiger partial charge in [-0.25, -0.2) is 0 Å². The van der Waals surface area contributed by atoms with E-state index in [1.54, 1.807) is 13.1 Å². The summed E-state index contributed by atoms with van der Waals surface area (Å²) in [7, 11) is 1.64. The van der Waals surface area contributed by atoms with E-state index in [0.29, 0.717) is 22.2 Å². The van der Waals surface area contributed by atoms with E-state index >= 15 is 0 Å². The Kier molecular flexibility index (Phi) is 5.41. The summed E-state index contributed by atoms with van der Waals surface area (Å²) in [4.78, 5) is 25.9. The number of nitro groups is 1. The summed E-state index contributed by atoms with van der Waals surface area (Å²) in [6, 6.07) is 4.57. The van der Waals surface area contributed by atoms with Gasteiger partial charge < -0.3 is 20.7 Å². The van der Waals surface area contributed by atoms with E-state index in [1.807, 2.05) is 0 Å². The molecule has 2 aromatic rings. The van der Waals surface area contributed by atoms with Gasteiger partial charge in [0.2, 0.25) is 12.1 Å². The lowest BCUT2D eigenvalue weighted by Crippen LogP contribution is -2.29. The van der Waals surface area contributed by atoms with Crippen LogP contribution < -0.4 is 10.6 Å². The van der Waals surface area contributed by atoms with Crippen molar-refractivity contribution in [2.75, 3.05) is 18.4 Å². The van der Waals surface area contributed by atoms with Crippen molar-refractivity contribution in [3.05, 3.63) is 50.2 Å². The maximum Gasteiger partial charge on any atom is 0.406 e. The molecule has 0 saturated carbocycles. The number of nitrogens with one attached hydrogen (secondary N) is 2. The number of aromatic nitrogens is 2. The van der Waals surface area contributed by atoms with Crippen molar-refractivity contribution in [2.24, 2.45) is 7.05 Å². The SMILES string of the molecule is Cn1cnc([N+](=O)[O-])c1NCCNC(=O)c1ccc(Cl)c(Cl)c1. The first-order valence-electron chi connectivity index (χ1n) is 6.53. The van der Waals surface area contributed by atoms with Crippen molar-refractivity contribution in [1.82, 2.24) is 14.9 Å². The Hall–Kier alpha value is -2.32. The van der Waals surface area contributed by atoms with Gasteiger partial charge in [0.05, 0.1) is 10.0 Å². The molecule has 0 radical (unpaired) electrons. The summed E-state index contributed by atoms with van der Waals surface area (Å²) in [6.07, 6.45) is 1.34. The van der Waals surface area contributed by atoms with Crippen LogP contribution in [0, 0.1) is 10.1 Å². The second kappa shape index (κ2) is 7.30. The lowest BCUT2D eigenvalue weighted by Gasteiger charge is -2.08. The third kappa shape index (κ3) is 4.11. The minimum atomic E-state index is -0.573. The van der Waals surface area contributed by atoms with Gasteiger partial charge in [0.25, 0.3) is 5.91 Å². The number of carbonyl (C=O) groups excluding carboxylic acids is 1. The van der Waals surface area contributed by atoms with Crippen LogP contribution in [-0.4, -0.2) is 33.5 Å². The number of rotatable bonds is 6. The molecular formula is C13H13Cl2N5O3. The molecule has 2 N–H and O–H groups in total. The molecule has 8 nitrogen and oxygen atoms in total. The number of amides is 1. The predicted molar refractivity (Wildman–Crippen MR) is 87.1 cm³/mol. The van der Waals surface area contributed by atoms with Gasteiger partial charge in [-0.05, 0) is 28.1 Å². The van der Waals surface area contributed by atoms with Gasteiger partial charge in [0, 0.05) is 25.7 Å². The molecule has 0 spiro atoms. The highest BCUT2D eigenvalue weighted by Crippen LogP contribution is 2.22. The highest BCUT2D eigenvalue weighted by Gasteiger charge is 2.19. The molecule has 0 bridgehead atoms. The first kappa shape index (κ1) is 17.0. The Balaban J connectivity index is 1.88. The van der Waals surface area contributed by atoms with Crippen LogP contribution in [0.25, 0.3) is 0 Å². The van der Waals surface area contributed by atoms with Gasteiger partial charge in [0.15, 0.2) is 0 Å². The second-order valence-corrected chi connectivity index (χ2v) is 5.41. The van der Waals surface area contributed by atoms with E-state index in [-0.39, 0.29) is 24.1 Å². The monoisotopic (exact) mass is 357 g/mol. The molecule has 0 aliphatic heterocycles. The molecule has 0 saturated heterocycles. The highest BCUT2D eigenvalue weighted by atomic mass is 35.5. The van der Waals surface area contributed by atoms with Crippen LogP contribution in [0.1, 0.15) is 10.4 Å². The van der Waals surface area contributed by atoms with Crippen LogP contribution in [0.4, 0.5) is 11.6 Å². The summed E-state index contributed by atoms with van der Waals surface area (Å²) in [6.45, 7) is 0.564. The largest absolute Gasteiger partial charge is 0.406 e. The van der Waals surface area contributed by atoms with E-state index in [9.17, 15) is 14.9 Å². The van der Waals surface area contributed by atoms with Crippen molar-refractivity contribution < 1.29 is 9.72 Å². The number of halogens is 2. The van der Waals surface area contributed by atoms with Crippen molar-refractivity contribution in [1.29, 1.82) is 0 Å². The summed E-state index contributed by atoms with van der Waals surface area (Å²) < 4.78 is 1.50. The summed E-state index contributed by atoms with van der Waals surface area (Å²) in [5.41, 5.74) is 0.380. The maximum absolute atomic E-state index is 11.9. The van der Waals surface area contributed by atoms with E-state index in [1.165, 1.54) is 23.0 Å². The fourth-order valence-corrected chi connectivity index (χ4v) is 2.15. The third-order valence-electron chi connectivity index (χ3n) is 2.98. The van der Waals surface area contributed by atoms with Crippen molar-refractivity contribution in [3.8, 4) is 0 Å². The molecule has 0 aliphatic carbocycles. The normalized spacial score (nSPS) is 10.4. The van der Waals surface area contributed by atoms with Gasteiger partial charge in [-0.2, -0.15) is 0 Å². The number of benzene rings is 1. The zero-order valence-electron chi connectivity index (χ0n) is 12.0. The molecule has 1 heterocycles. The molecule has 1 aromatic heterocycles. The van der Waals surface area contributed by atoms with Crippen molar-refractivity contribution >= 4 is 40.7 Å². The molecule has 0 fully saturated rings. The Morgan fingerprint density at radius 1 is 1.35 bits per heavy atom. The molecular weight excluding hydrogens is 345 g/mol. The van der Waals surface area contributed by atoms with Gasteiger partial charge in [-0.15, -0.1) is 0 Å². The summed E-state index contributed by atoms with van der Waals surface area (Å²) in [5, 5.41) is 17.0. The Labute approximate surface area is 141 Å². The van der Waals surface area contributed by atoms with Gasteiger partial charge >= 0.3 is 5.82 Å². The van der Waals surface area contributed by atoms with Crippen LogP contribution >= 0.6 is 23.2 Å². The minimum absolute atomic E-state index is 0.261. The molecule has 23 heavy (non-hydrogen) atoms. The third-order valence-corrected chi connectivity index (χ3v) is 3.71. The van der Waals surface area contributed by atoms with Gasteiger partial charge in [0.1, 0.15) is 0 Å². The smallest absolute Gasteiger partial charge is 0.363 e. The molecule has 2 rings (SSSR count). The van der Waals surface area contributed by atoms with E-state index in [2.05, 4.69) is 15.6 Å². The fraction of sp³-hybridized carbons (Fsp3) is 0.231. The first-order chi connectivity index (χ1) is 10.9. The van der Waals surface area contributed by atoms with Crippen molar-refractivity contribution in [2.45, 2.75) is 0 Å². The lowest BCUT2D eigenvalue weighted by molar-refractivity contribution is -0.388. The van der Waals surface area contributed by atoms with E-state index in [0.717, 1.165) is 0 Å². The number of carbonyl (C=O) groups is 1. The zero-order valence-corrected chi connectivity index (χ0v) is 13.6. The number of imidazole rings is 1. The standard InChI is InChI=1S/C13H13Cl2N5O3/c1-19-7-18-12(20(22)23)11(19)16-4-5-17-13(21)8-2-3-9(14)10(15)6-8/h2-3,6-7,16H,4-5H2,1H3,(H,17,21). The van der Waals surface area contributed by atoms with Crippen LogP contribution in [0.5, 0.6) is 0 Å². The Morgan fingerprint density at radius 3 is 2.74 bits per heavy atom. The number of hydrogen-bond acceptors (Lipinski definition) is 5. The van der Waals surface area contributed by atoms with E-state index < -0.39 is 4.92 Å². The Bertz CT molecular complexity index is 747. The number of hydrogen-bond donors (Lipinski definition) is 2. The van der Waals surface area contributed by atoms with Crippen LogP contribution in [0.3, 0.4) is 0 Å². The van der Waals surface area contributed by atoms with E-state index in [4.69, 9.17) is 23.2 Å². The summed E-state index contributed by atoms with van der Waals surface area (Å²) >= 11 is 11.6. The molecule has 1 amide bonds. The number of nitrogens with zero attached hydrogens (tertiary/aromatic N) is 3. The molecule has 0 aliphatic rings. The highest BCUT2D eigenvalue weighted by molar-refractivity contribution is 6.42. The maximum atomic E-state index is 11.9. The molecule has 0 atom stereocenters. The number of aryl methyl sites for hydroxylation is 1. The number of anilines is 1. The molecule has 122 valence electrons. The van der Waals surface area contributed by atoms with Crippen LogP contribution in [0.2, 0.25) is 10.0 Å². The van der Waals surface area contributed by atoms with Gasteiger partial charge in [-0.1, -0.05) is 23.2 Å². The average molecular weight is 358 g/mol. The van der Waals surface area contributed by atoms with Crippen molar-refractivity contribution in [3.63, 3.8) is 0 Å². The average Bonchev–Trinajstić information content (AvgIpc) is 2.87. The molecule has 10 heteroatoms. The zero-order chi connectivity index (χ0) is 17.0. The Morgan fingerprint density at radius 2 is 2.09 bits per heavy atom. The predicted octanol–water partition coefficient (Wildman–Crippen LogP) is 2.48. The van der Waals surface area contributed by atoms with Gasteiger partial charge in [-0.3, -0.25) is 9.36 Å². The molecule has 0 unspecified atom stereocenters.